The molecule has 0 aliphatic carbocycles. The Labute approximate surface area is 107 Å². The normalized spacial score (nSPS) is 12.6. The summed E-state index contributed by atoms with van der Waals surface area (Å²) in [6, 6.07) is 8.81. The molecule has 2 rings (SSSR count). The van der Waals surface area contributed by atoms with E-state index in [-0.39, 0.29) is 0 Å². The molecule has 4 heteroatoms. The molecule has 0 radical (unpaired) electrons. The lowest BCUT2D eigenvalue weighted by molar-refractivity contribution is 0.171. The number of nitrogens with zero attached hydrogens (tertiary/aromatic N) is 1. The molecule has 1 aromatic heterocycles. The molecule has 0 bridgehead atoms. The molecule has 0 aliphatic heterocycles. The minimum atomic E-state index is 0.354. The van der Waals surface area contributed by atoms with Crippen molar-refractivity contribution < 1.29 is 4.74 Å². The Balaban J connectivity index is 2.00. The number of hydrogen-bond acceptors (Lipinski definition) is 3. The van der Waals surface area contributed by atoms with E-state index in [4.69, 9.17) is 4.74 Å². The van der Waals surface area contributed by atoms with Crippen LogP contribution in [-0.2, 0) is 11.3 Å². The SMILES string of the molecule is COC[C@@H](C)NCc1cccc(-c2cn[nH]c2)c1. The van der Waals surface area contributed by atoms with E-state index in [0.29, 0.717) is 6.04 Å². The number of aromatic amines is 1. The van der Waals surface area contributed by atoms with Crippen LogP contribution in [0.2, 0.25) is 0 Å². The zero-order valence-corrected chi connectivity index (χ0v) is 10.8. The molecule has 0 amide bonds. The number of hydrogen-bond donors (Lipinski definition) is 2. The molecule has 1 heterocycles. The van der Waals surface area contributed by atoms with Gasteiger partial charge in [0.05, 0.1) is 12.8 Å². The van der Waals surface area contributed by atoms with E-state index in [9.17, 15) is 0 Å². The van der Waals surface area contributed by atoms with Crippen molar-refractivity contribution in [2.24, 2.45) is 0 Å². The highest BCUT2D eigenvalue weighted by atomic mass is 16.5. The Bertz CT molecular complexity index is 468. The maximum absolute atomic E-state index is 5.10. The van der Waals surface area contributed by atoms with Gasteiger partial charge in [-0.2, -0.15) is 5.10 Å². The number of nitrogens with one attached hydrogen (secondary N) is 2. The van der Waals surface area contributed by atoms with E-state index < -0.39 is 0 Å². The fraction of sp³-hybridized carbons (Fsp3) is 0.357. The summed E-state index contributed by atoms with van der Waals surface area (Å²) in [4.78, 5) is 0. The quantitative estimate of drug-likeness (QED) is 0.820. The van der Waals surface area contributed by atoms with Gasteiger partial charge in [-0.3, -0.25) is 5.10 Å². The van der Waals surface area contributed by atoms with Crippen LogP contribution >= 0.6 is 0 Å². The monoisotopic (exact) mass is 245 g/mol. The molecule has 96 valence electrons. The maximum Gasteiger partial charge on any atom is 0.0613 e. The third-order valence-electron chi connectivity index (χ3n) is 2.83. The summed E-state index contributed by atoms with van der Waals surface area (Å²) in [5.41, 5.74) is 3.56. The summed E-state index contributed by atoms with van der Waals surface area (Å²) in [6.07, 6.45) is 3.74. The molecule has 18 heavy (non-hydrogen) atoms. The first-order valence-corrected chi connectivity index (χ1v) is 6.10. The van der Waals surface area contributed by atoms with Gasteiger partial charge in [0.1, 0.15) is 0 Å². The van der Waals surface area contributed by atoms with Gasteiger partial charge in [-0.1, -0.05) is 18.2 Å². The molecule has 0 aliphatic rings. The molecular weight excluding hydrogens is 226 g/mol. The lowest BCUT2D eigenvalue weighted by atomic mass is 10.1. The highest BCUT2D eigenvalue weighted by molar-refractivity contribution is 5.62. The molecule has 0 fully saturated rings. The van der Waals surface area contributed by atoms with Crippen LogP contribution < -0.4 is 5.32 Å². The lowest BCUT2D eigenvalue weighted by Gasteiger charge is -2.13. The second-order valence-electron chi connectivity index (χ2n) is 4.42. The summed E-state index contributed by atoms with van der Waals surface area (Å²) >= 11 is 0. The van der Waals surface area contributed by atoms with Crippen LogP contribution in [0.5, 0.6) is 0 Å². The van der Waals surface area contributed by atoms with Gasteiger partial charge in [-0.15, -0.1) is 0 Å². The summed E-state index contributed by atoms with van der Waals surface area (Å²) in [6.45, 7) is 3.68. The standard InChI is InChI=1S/C14H19N3O/c1-11(10-18-2)15-7-12-4-3-5-13(6-12)14-8-16-17-9-14/h3-6,8-9,11,15H,7,10H2,1-2H3,(H,16,17)/t11-/m1/s1. The number of rotatable bonds is 6. The van der Waals surface area contributed by atoms with Crippen molar-refractivity contribution in [2.75, 3.05) is 13.7 Å². The summed E-state index contributed by atoms with van der Waals surface area (Å²) in [5.74, 6) is 0. The molecule has 0 unspecified atom stereocenters. The number of benzene rings is 1. The molecule has 0 saturated heterocycles. The fourth-order valence-corrected chi connectivity index (χ4v) is 1.87. The van der Waals surface area contributed by atoms with Crippen LogP contribution in [-0.4, -0.2) is 30.0 Å². The first-order valence-electron chi connectivity index (χ1n) is 6.10. The van der Waals surface area contributed by atoms with Crippen LogP contribution in [0.15, 0.2) is 36.7 Å². The number of aromatic nitrogens is 2. The van der Waals surface area contributed by atoms with Crippen LogP contribution in [0.1, 0.15) is 12.5 Å². The van der Waals surface area contributed by atoms with Crippen LogP contribution in [0.25, 0.3) is 11.1 Å². The van der Waals surface area contributed by atoms with E-state index in [1.54, 1.807) is 7.11 Å². The van der Waals surface area contributed by atoms with Gasteiger partial charge >= 0.3 is 0 Å². The molecule has 1 atom stereocenters. The van der Waals surface area contributed by atoms with Gasteiger partial charge in [-0.25, -0.2) is 0 Å². The Morgan fingerprint density at radius 1 is 1.39 bits per heavy atom. The third kappa shape index (κ3) is 3.42. The van der Waals surface area contributed by atoms with Crippen molar-refractivity contribution in [1.82, 2.24) is 15.5 Å². The van der Waals surface area contributed by atoms with Crippen LogP contribution in [0, 0.1) is 0 Å². The van der Waals surface area contributed by atoms with Crippen molar-refractivity contribution in [3.63, 3.8) is 0 Å². The Morgan fingerprint density at radius 3 is 3.00 bits per heavy atom. The zero-order valence-electron chi connectivity index (χ0n) is 10.8. The van der Waals surface area contributed by atoms with E-state index in [0.717, 1.165) is 18.7 Å². The third-order valence-corrected chi connectivity index (χ3v) is 2.83. The fourth-order valence-electron chi connectivity index (χ4n) is 1.87. The second kappa shape index (κ2) is 6.33. The van der Waals surface area contributed by atoms with E-state index in [2.05, 4.69) is 46.7 Å². The predicted molar refractivity (Wildman–Crippen MR) is 72.2 cm³/mol. The predicted octanol–water partition coefficient (Wildman–Crippen LogP) is 2.20. The molecule has 2 N–H and O–H groups in total. The molecule has 1 aromatic carbocycles. The van der Waals surface area contributed by atoms with Crippen molar-refractivity contribution >= 4 is 0 Å². The van der Waals surface area contributed by atoms with Gasteiger partial charge in [0.2, 0.25) is 0 Å². The van der Waals surface area contributed by atoms with E-state index in [1.165, 1.54) is 11.1 Å². The van der Waals surface area contributed by atoms with E-state index in [1.807, 2.05) is 12.4 Å². The topological polar surface area (TPSA) is 49.9 Å². The molecular formula is C14H19N3O. The molecule has 4 nitrogen and oxygen atoms in total. The van der Waals surface area contributed by atoms with Crippen molar-refractivity contribution in [3.8, 4) is 11.1 Å². The number of H-pyrrole nitrogens is 1. The zero-order chi connectivity index (χ0) is 12.8. The van der Waals surface area contributed by atoms with Crippen molar-refractivity contribution in [2.45, 2.75) is 19.5 Å². The van der Waals surface area contributed by atoms with Gasteiger partial charge < -0.3 is 10.1 Å². The minimum absolute atomic E-state index is 0.354. The second-order valence-corrected chi connectivity index (χ2v) is 4.42. The highest BCUT2D eigenvalue weighted by Gasteiger charge is 2.03. The Morgan fingerprint density at radius 2 is 2.28 bits per heavy atom. The summed E-state index contributed by atoms with van der Waals surface area (Å²) in [5, 5.41) is 10.2. The maximum atomic E-state index is 5.10. The smallest absolute Gasteiger partial charge is 0.0613 e. The van der Waals surface area contributed by atoms with Crippen LogP contribution in [0.3, 0.4) is 0 Å². The highest BCUT2D eigenvalue weighted by Crippen LogP contribution is 2.18. The van der Waals surface area contributed by atoms with Crippen molar-refractivity contribution in [1.29, 1.82) is 0 Å². The van der Waals surface area contributed by atoms with Crippen molar-refractivity contribution in [3.05, 3.63) is 42.2 Å². The minimum Gasteiger partial charge on any atom is -0.383 e. The molecule has 0 saturated carbocycles. The van der Waals surface area contributed by atoms with Gasteiger partial charge in [0.25, 0.3) is 0 Å². The van der Waals surface area contributed by atoms with Crippen LogP contribution in [0.4, 0.5) is 0 Å². The van der Waals surface area contributed by atoms with E-state index >= 15 is 0 Å². The van der Waals surface area contributed by atoms with Gasteiger partial charge in [0, 0.05) is 31.5 Å². The molecule has 2 aromatic rings. The Kier molecular flexibility index (Phi) is 4.50. The number of ether oxygens (including phenoxy) is 1. The lowest BCUT2D eigenvalue weighted by Crippen LogP contribution is -2.29. The number of methoxy groups -OCH3 is 1. The first-order chi connectivity index (χ1) is 8.79. The first kappa shape index (κ1) is 12.8. The molecule has 0 spiro atoms. The summed E-state index contributed by atoms with van der Waals surface area (Å²) in [7, 11) is 1.72. The summed E-state index contributed by atoms with van der Waals surface area (Å²) < 4.78 is 5.10. The Hall–Kier alpha value is -1.65. The van der Waals surface area contributed by atoms with Gasteiger partial charge in [-0.05, 0) is 24.1 Å². The van der Waals surface area contributed by atoms with Gasteiger partial charge in [0.15, 0.2) is 0 Å². The average Bonchev–Trinajstić information content (AvgIpc) is 2.91. The largest absolute Gasteiger partial charge is 0.383 e. The average molecular weight is 245 g/mol.